The molecule has 6 aliphatic rings. The second-order valence-corrected chi connectivity index (χ2v) is 33.9. The average Bonchev–Trinajstić information content (AvgIpc) is 0.769. The number of carbonyl (C=O) groups is 7. The predicted molar refractivity (Wildman–Crippen MR) is 411 cm³/mol. The topological polar surface area (TPSA) is 406 Å². The number of nitrogens with two attached hydrogens (primary N) is 1. The summed E-state index contributed by atoms with van der Waals surface area (Å²) in [6.45, 7) is 20.0. The Bertz CT molecular complexity index is 3550. The number of urea groups is 1. The minimum atomic E-state index is -2.12. The minimum Gasteiger partial charge on any atom is -0.492 e. The number of benzene rings is 1. The van der Waals surface area contributed by atoms with Crippen molar-refractivity contribution in [2.45, 2.75) is 266 Å². The molecule has 11 N–H and O–H groups in total. The van der Waals surface area contributed by atoms with Crippen LogP contribution in [0.5, 0.6) is 17.2 Å². The molecule has 4 aliphatic heterocycles. The fraction of sp³-hybridized carbons (Fsp3) is 0.693. The van der Waals surface area contributed by atoms with E-state index in [0.29, 0.717) is 34.9 Å². The molecule has 2 bridgehead atoms. The van der Waals surface area contributed by atoms with E-state index in [4.69, 9.17) is 62.7 Å². The van der Waals surface area contributed by atoms with Gasteiger partial charge in [-0.1, -0.05) is 83.9 Å². The van der Waals surface area contributed by atoms with E-state index in [1.807, 2.05) is 57.2 Å². The zero-order valence-electron chi connectivity index (χ0n) is 63.9. The van der Waals surface area contributed by atoms with Gasteiger partial charge in [-0.2, -0.15) is 5.48 Å². The summed E-state index contributed by atoms with van der Waals surface area (Å²) in [4.78, 5) is 99.5. The number of ketones is 4. The van der Waals surface area contributed by atoms with E-state index in [1.54, 1.807) is 40.9 Å². The van der Waals surface area contributed by atoms with Gasteiger partial charge in [-0.05, 0) is 134 Å². The molecule has 0 unspecified atom stereocenters. The third-order valence-corrected chi connectivity index (χ3v) is 25.5. The van der Waals surface area contributed by atoms with Crippen molar-refractivity contribution in [3.63, 3.8) is 0 Å². The predicted octanol–water partition coefficient (Wildman–Crippen LogP) is 5.29. The molecule has 0 aromatic heterocycles. The molecule has 4 fully saturated rings. The Morgan fingerprint density at radius 2 is 1.56 bits per heavy atom. The van der Waals surface area contributed by atoms with Gasteiger partial charge >= 0.3 is 6.03 Å². The molecule has 1 aromatic carbocycles. The molecule has 0 spiro atoms. The minimum absolute atomic E-state index is 0.0103. The van der Waals surface area contributed by atoms with Crippen LogP contribution in [0.1, 0.15) is 149 Å². The molecule has 29 nitrogen and oxygen atoms in total. The zero-order valence-corrected chi connectivity index (χ0v) is 68.5. The maximum atomic E-state index is 14.6. The Morgan fingerprint density at radius 3 is 2.20 bits per heavy atom. The van der Waals surface area contributed by atoms with Crippen LogP contribution in [0.3, 0.4) is 0 Å². The number of hydroxylamine groups is 1. The van der Waals surface area contributed by atoms with E-state index in [0.717, 1.165) is 11.8 Å². The van der Waals surface area contributed by atoms with Gasteiger partial charge in [0.1, 0.15) is 48.2 Å². The fourth-order valence-electron chi connectivity index (χ4n) is 13.8. The normalized spacial score (nSPS) is 31.3. The van der Waals surface area contributed by atoms with E-state index < -0.39 is 155 Å². The number of ether oxygens (including phenoxy) is 11. The number of hydrogen-bond donors (Lipinski definition) is 10. The van der Waals surface area contributed by atoms with Gasteiger partial charge in [0.05, 0.1) is 90.3 Å². The second-order valence-electron chi connectivity index (χ2n) is 28.6. The third-order valence-electron chi connectivity index (χ3n) is 19.6. The SMILES string of the molecule is CCN[C@H]1CO[C@@H](O[C@H]2[C@H](O[C@H]3C#C/C=C\C#C[C@]4(O)CC(=O)C(CC(C)=O)=C3/C4=C\CSSC(C)(C)CCCC(=O)[C@H](CCCNC(N)=O)NC(=O)[C@@H](CC(C)=O)C(C)C)O[C@H](C)[C@@H](NO[C@H]3C[C@H](O)[C@H](SC(=O)c4c(C)c(I)c(O[C@@H]5O[C@@H](C)[C@H](O)[C@@H](OC)[C@H]5O)c(OC)c4OC)[C@@H](C)O3)[C@@H]2O)C[C@@H]1OC. The number of allylic oxidation sites excluding steroid dienone is 3. The van der Waals surface area contributed by atoms with E-state index in [-0.39, 0.29) is 126 Å². The molecular formula is C75H108IN5O24S3. The molecule has 7 rings (SSSR count). The molecule has 602 valence electrons. The Morgan fingerprint density at radius 1 is 0.861 bits per heavy atom. The summed E-state index contributed by atoms with van der Waals surface area (Å²) < 4.78 is 67.8. The molecule has 3 amide bonds. The summed E-state index contributed by atoms with van der Waals surface area (Å²) in [6.07, 6.45) is -11.9. The van der Waals surface area contributed by atoms with Crippen LogP contribution in [0.4, 0.5) is 4.79 Å². The van der Waals surface area contributed by atoms with Crippen molar-refractivity contribution in [1.82, 2.24) is 21.4 Å². The highest BCUT2D eigenvalue weighted by molar-refractivity contribution is 14.1. The van der Waals surface area contributed by atoms with Gasteiger partial charge in [0.2, 0.25) is 23.1 Å². The molecule has 4 saturated heterocycles. The van der Waals surface area contributed by atoms with Gasteiger partial charge < -0.3 is 104 Å². The lowest BCUT2D eigenvalue weighted by atomic mass is 9.72. The average molecular weight is 1690 g/mol. The standard InChI is InChI=1S/C75H108IN5O24S3/c1-16-78-48-36-98-54(34-53(48)94-12)103-66-61(88)59(81-105-55-33-50(85)68(43(9)99-55)107-70(91)56-40(6)58(76)64(67(97-15)63(56)95-13)104-71-62(89)65(96-14)60(87)42(8)101-71)41(7)100-72(66)102-52-25-19-17-18-20-28-75(93)35-51(86)45(32-39(5)83)57(52)46(75)26-30-106-108-74(10,11)27-21-24-49(84)47(23-22-29-79-73(77)92)80-69(90)44(37(2)3)31-38(4)82/h17-18,26,37,41-44,47-48,50,52-55,59-62,65-66,68,71-72,78,81,85,87-89,93H,16,21-24,27,29-36H2,1-15H3,(H,80,90)(H3,77,79,92)/b18-17-,46-26+/t41-,42+,43-,44+,47+,48+,50+,52+,53+,54+,55+,59-,60+,61+,62-,65-,66-,68-,71+,72+,75+/m1/s1. The number of primary amides is 1. The summed E-state index contributed by atoms with van der Waals surface area (Å²) in [5, 5.41) is 66.5. The molecule has 108 heavy (non-hydrogen) atoms. The van der Waals surface area contributed by atoms with Crippen molar-refractivity contribution < 1.29 is 116 Å². The van der Waals surface area contributed by atoms with E-state index in [1.165, 1.54) is 68.9 Å². The first kappa shape index (κ1) is 90.4. The quantitative estimate of drug-likeness (QED) is 0.0133. The summed E-state index contributed by atoms with van der Waals surface area (Å²) in [5.41, 5.74) is 6.86. The number of fused-ring (bicyclic) bond motifs is 2. The number of methoxy groups -OCH3 is 4. The first-order valence-corrected chi connectivity index (χ1v) is 40.6. The smallest absolute Gasteiger partial charge is 0.312 e. The van der Waals surface area contributed by atoms with Crippen LogP contribution in [0.15, 0.2) is 34.9 Å². The Balaban J connectivity index is 1.10. The van der Waals surface area contributed by atoms with Gasteiger partial charge in [-0.3, -0.25) is 28.8 Å². The van der Waals surface area contributed by atoms with E-state index in [9.17, 15) is 59.1 Å². The highest BCUT2D eigenvalue weighted by Crippen LogP contribution is 2.50. The summed E-state index contributed by atoms with van der Waals surface area (Å²) in [7, 11) is 8.57. The van der Waals surface area contributed by atoms with Crippen LogP contribution in [0.2, 0.25) is 0 Å². The van der Waals surface area contributed by atoms with Crippen LogP contribution in [0.25, 0.3) is 0 Å². The van der Waals surface area contributed by atoms with Gasteiger partial charge in [-0.15, -0.1) is 0 Å². The molecule has 4 heterocycles. The lowest BCUT2D eigenvalue weighted by Crippen LogP contribution is -2.65. The number of halogens is 1. The Labute approximate surface area is 657 Å². The number of hydrogen-bond acceptors (Lipinski definition) is 29. The van der Waals surface area contributed by atoms with Crippen LogP contribution < -0.4 is 41.4 Å². The first-order chi connectivity index (χ1) is 51.1. The third kappa shape index (κ3) is 23.7. The highest BCUT2D eigenvalue weighted by Gasteiger charge is 2.52. The van der Waals surface area contributed by atoms with Crippen LogP contribution in [-0.2, 0) is 66.7 Å². The van der Waals surface area contributed by atoms with E-state index in [2.05, 4.69) is 45.1 Å². The number of thioether (sulfide) groups is 1. The Hall–Kier alpha value is -4.81. The van der Waals surface area contributed by atoms with Crippen molar-refractivity contribution in [2.24, 2.45) is 17.6 Å². The number of nitrogens with one attached hydrogen (secondary N) is 4. The van der Waals surface area contributed by atoms with Crippen LogP contribution in [0, 0.1) is 46.0 Å². The summed E-state index contributed by atoms with van der Waals surface area (Å²) in [6, 6.07) is -2.92. The lowest BCUT2D eigenvalue weighted by Gasteiger charge is -2.46. The largest absolute Gasteiger partial charge is 0.492 e. The molecule has 0 radical (unpaired) electrons. The monoisotopic (exact) mass is 1690 g/mol. The number of amides is 3. The maximum Gasteiger partial charge on any atom is 0.312 e. The number of rotatable bonds is 37. The number of likely N-dealkylation sites (N-methyl/N-ethyl adjacent to an activating group) is 1. The maximum absolute atomic E-state index is 14.6. The summed E-state index contributed by atoms with van der Waals surface area (Å²) in [5.74, 6) is 9.60. The Kier molecular flexibility index (Phi) is 35.0. The van der Waals surface area contributed by atoms with Gasteiger partial charge in [-0.25, -0.2) is 4.79 Å². The molecule has 33 heteroatoms. The molecular weight excluding hydrogens is 1580 g/mol. The van der Waals surface area contributed by atoms with E-state index >= 15 is 0 Å². The van der Waals surface area contributed by atoms with Gasteiger partial charge in [0, 0.05) is 86.0 Å². The molecule has 0 saturated carbocycles. The zero-order chi connectivity index (χ0) is 79.6. The van der Waals surface area contributed by atoms with Crippen molar-refractivity contribution >= 4 is 96.1 Å². The second kappa shape index (κ2) is 41.8. The van der Waals surface area contributed by atoms with Gasteiger partial charge in [0.15, 0.2) is 47.5 Å². The first-order valence-electron chi connectivity index (χ1n) is 36.3. The van der Waals surface area contributed by atoms with Crippen LogP contribution in [-0.4, -0.2) is 246 Å². The van der Waals surface area contributed by atoms with Crippen molar-refractivity contribution in [3.05, 3.63) is 49.6 Å². The number of aliphatic hydroxyl groups excluding tert-OH is 4. The molecule has 1 aromatic rings. The van der Waals surface area contributed by atoms with Crippen molar-refractivity contribution in [3.8, 4) is 40.9 Å². The fourth-order valence-corrected chi connectivity index (χ4v) is 18.0. The number of aliphatic hydroxyl groups is 5. The van der Waals surface area contributed by atoms with Crippen molar-refractivity contribution in [2.75, 3.05) is 53.9 Å². The highest BCUT2D eigenvalue weighted by atomic mass is 127. The lowest BCUT2D eigenvalue weighted by molar-refractivity contribution is -0.336. The van der Waals surface area contributed by atoms with Crippen LogP contribution >= 0.6 is 55.9 Å². The van der Waals surface area contributed by atoms with Crippen molar-refractivity contribution in [1.29, 1.82) is 0 Å². The van der Waals surface area contributed by atoms with Gasteiger partial charge in [0.25, 0.3) is 0 Å². The number of Topliss-reactive ketones (excluding diaryl/α,β-unsaturated/α-hetero) is 4. The molecule has 21 atom stereocenters. The molecule has 2 aliphatic carbocycles. The number of carbonyl (C=O) groups excluding carboxylic acids is 7. The summed E-state index contributed by atoms with van der Waals surface area (Å²) >= 11 is 2.81.